The molecule has 2 aromatic carbocycles. The third-order valence-corrected chi connectivity index (χ3v) is 5.12. The fourth-order valence-electron chi connectivity index (χ4n) is 2.84. The molecule has 0 saturated heterocycles. The number of fused-ring (bicyclic) bond motifs is 1. The lowest BCUT2D eigenvalue weighted by molar-refractivity contribution is 0.0954. The normalized spacial score (nSPS) is 10.8. The average Bonchev–Trinajstić information content (AvgIpc) is 3.33. The van der Waals surface area contributed by atoms with E-state index < -0.39 is 5.91 Å². The fraction of sp³-hybridized carbons (Fsp3) is 0.0500. The Kier molecular flexibility index (Phi) is 4.43. The minimum Gasteiger partial charge on any atom is -0.366 e. The van der Waals surface area contributed by atoms with E-state index in [4.69, 9.17) is 5.73 Å². The maximum atomic E-state index is 12.5. The number of thiophene rings is 1. The van der Waals surface area contributed by atoms with Crippen molar-refractivity contribution in [2.75, 3.05) is 0 Å². The van der Waals surface area contributed by atoms with Crippen LogP contribution in [-0.4, -0.2) is 21.4 Å². The highest BCUT2D eigenvalue weighted by molar-refractivity contribution is 7.12. The van der Waals surface area contributed by atoms with Crippen LogP contribution in [0.5, 0.6) is 0 Å². The lowest BCUT2D eigenvalue weighted by Gasteiger charge is -2.05. The number of imidazole rings is 1. The van der Waals surface area contributed by atoms with Crippen LogP contribution in [0.15, 0.2) is 66.3 Å². The van der Waals surface area contributed by atoms with Gasteiger partial charge in [-0.2, -0.15) is 0 Å². The quantitative estimate of drug-likeness (QED) is 0.561. The maximum Gasteiger partial charge on any atom is 0.261 e. The molecule has 3 N–H and O–H groups in total. The Bertz CT molecular complexity index is 1150. The second-order valence-corrected chi connectivity index (χ2v) is 6.93. The Morgan fingerprint density at radius 3 is 2.81 bits per heavy atom. The van der Waals surface area contributed by atoms with Gasteiger partial charge in [0.05, 0.1) is 21.6 Å². The van der Waals surface area contributed by atoms with Crippen LogP contribution in [0.25, 0.3) is 16.7 Å². The van der Waals surface area contributed by atoms with Gasteiger partial charge in [-0.1, -0.05) is 24.3 Å². The largest absolute Gasteiger partial charge is 0.366 e. The van der Waals surface area contributed by atoms with Gasteiger partial charge in [0.1, 0.15) is 6.33 Å². The van der Waals surface area contributed by atoms with Gasteiger partial charge in [0.15, 0.2) is 0 Å². The first kappa shape index (κ1) is 17.0. The third-order valence-electron chi connectivity index (χ3n) is 4.21. The molecule has 2 heterocycles. The van der Waals surface area contributed by atoms with Crippen molar-refractivity contribution < 1.29 is 9.59 Å². The van der Waals surface area contributed by atoms with E-state index in [1.807, 2.05) is 46.3 Å². The molecule has 6 nitrogen and oxygen atoms in total. The van der Waals surface area contributed by atoms with E-state index in [1.165, 1.54) is 11.3 Å². The molecule has 0 spiro atoms. The van der Waals surface area contributed by atoms with E-state index in [-0.39, 0.29) is 5.91 Å². The van der Waals surface area contributed by atoms with Gasteiger partial charge in [-0.15, -0.1) is 11.3 Å². The summed E-state index contributed by atoms with van der Waals surface area (Å²) >= 11 is 1.37. The van der Waals surface area contributed by atoms with Crippen molar-refractivity contribution in [3.8, 4) is 5.69 Å². The summed E-state index contributed by atoms with van der Waals surface area (Å²) in [5, 5.41) is 4.80. The summed E-state index contributed by atoms with van der Waals surface area (Å²) in [6, 6.07) is 16.6. The number of benzene rings is 2. The summed E-state index contributed by atoms with van der Waals surface area (Å²) in [6.07, 6.45) is 1.75. The van der Waals surface area contributed by atoms with Crippen molar-refractivity contribution in [1.82, 2.24) is 14.9 Å². The van der Waals surface area contributed by atoms with Crippen LogP contribution in [0.4, 0.5) is 0 Å². The highest BCUT2D eigenvalue weighted by Gasteiger charge is 2.12. The topological polar surface area (TPSA) is 90.0 Å². The van der Waals surface area contributed by atoms with Crippen LogP contribution in [0.2, 0.25) is 0 Å². The molecule has 0 atom stereocenters. The van der Waals surface area contributed by atoms with Crippen molar-refractivity contribution >= 4 is 34.2 Å². The monoisotopic (exact) mass is 376 g/mol. The fourth-order valence-corrected chi connectivity index (χ4v) is 3.64. The molecule has 2 amide bonds. The lowest BCUT2D eigenvalue weighted by atomic mass is 10.1. The second kappa shape index (κ2) is 7.05. The van der Waals surface area contributed by atoms with Crippen molar-refractivity contribution in [3.05, 3.63) is 82.3 Å². The van der Waals surface area contributed by atoms with Crippen molar-refractivity contribution in [1.29, 1.82) is 0 Å². The number of nitrogens with one attached hydrogen (secondary N) is 1. The highest BCUT2D eigenvalue weighted by atomic mass is 32.1. The summed E-state index contributed by atoms with van der Waals surface area (Å²) in [6.45, 7) is 0.321. The van der Waals surface area contributed by atoms with Gasteiger partial charge >= 0.3 is 0 Å². The summed E-state index contributed by atoms with van der Waals surface area (Å²) in [7, 11) is 0. The molecule has 0 fully saturated rings. The minimum absolute atomic E-state index is 0.167. The lowest BCUT2D eigenvalue weighted by Crippen LogP contribution is -2.22. The predicted octanol–water partition coefficient (Wildman–Crippen LogP) is 3.12. The molecule has 0 aliphatic carbocycles. The van der Waals surface area contributed by atoms with Crippen LogP contribution >= 0.6 is 11.3 Å². The van der Waals surface area contributed by atoms with Crippen LogP contribution < -0.4 is 11.1 Å². The van der Waals surface area contributed by atoms with E-state index in [0.717, 1.165) is 22.3 Å². The standard InChI is InChI=1S/C20H16N4O2S/c21-19(25)14-5-3-4-13(8-14)10-22-20(26)18-9-15(11-27-18)24-12-23-16-6-1-2-7-17(16)24/h1-9,11-12H,10H2,(H2,21,25)(H,22,26). The summed E-state index contributed by atoms with van der Waals surface area (Å²) in [5.74, 6) is -0.654. The molecule has 2 aromatic heterocycles. The Morgan fingerprint density at radius 1 is 1.11 bits per heavy atom. The number of para-hydroxylation sites is 2. The van der Waals surface area contributed by atoms with Gasteiger partial charge in [-0.05, 0) is 35.9 Å². The number of primary amides is 1. The van der Waals surface area contributed by atoms with Gasteiger partial charge in [0.25, 0.3) is 5.91 Å². The van der Waals surface area contributed by atoms with Gasteiger partial charge in [0, 0.05) is 17.5 Å². The first-order chi connectivity index (χ1) is 13.1. The van der Waals surface area contributed by atoms with E-state index in [1.54, 1.807) is 24.5 Å². The molecule has 4 aromatic rings. The SMILES string of the molecule is NC(=O)c1cccc(CNC(=O)c2cc(-n3cnc4ccccc43)cs2)c1. The molecule has 0 saturated carbocycles. The third kappa shape index (κ3) is 3.45. The number of nitrogens with zero attached hydrogens (tertiary/aromatic N) is 2. The number of aromatic nitrogens is 2. The Morgan fingerprint density at radius 2 is 1.96 bits per heavy atom. The molecule has 4 rings (SSSR count). The molecular weight excluding hydrogens is 360 g/mol. The molecule has 0 unspecified atom stereocenters. The van der Waals surface area contributed by atoms with Gasteiger partial charge in [0.2, 0.25) is 5.91 Å². The molecule has 27 heavy (non-hydrogen) atoms. The zero-order valence-electron chi connectivity index (χ0n) is 14.3. The smallest absolute Gasteiger partial charge is 0.261 e. The average molecular weight is 376 g/mol. The molecule has 0 radical (unpaired) electrons. The first-order valence-electron chi connectivity index (χ1n) is 8.30. The van der Waals surface area contributed by atoms with Crippen molar-refractivity contribution in [2.45, 2.75) is 6.54 Å². The number of nitrogens with two attached hydrogens (primary N) is 1. The molecule has 134 valence electrons. The van der Waals surface area contributed by atoms with Gasteiger partial charge in [-0.25, -0.2) is 4.98 Å². The van der Waals surface area contributed by atoms with Crippen molar-refractivity contribution in [2.24, 2.45) is 5.73 Å². The molecule has 7 heteroatoms. The van der Waals surface area contributed by atoms with E-state index in [2.05, 4.69) is 10.3 Å². The summed E-state index contributed by atoms with van der Waals surface area (Å²) in [5.41, 5.74) is 9.32. The predicted molar refractivity (Wildman–Crippen MR) is 105 cm³/mol. The Hall–Kier alpha value is -3.45. The van der Waals surface area contributed by atoms with E-state index in [0.29, 0.717) is 17.0 Å². The van der Waals surface area contributed by atoms with E-state index in [9.17, 15) is 9.59 Å². The Labute approximate surface area is 159 Å². The molecule has 0 bridgehead atoms. The van der Waals surface area contributed by atoms with Crippen molar-refractivity contribution in [3.63, 3.8) is 0 Å². The number of hydrogen-bond donors (Lipinski definition) is 2. The zero-order valence-corrected chi connectivity index (χ0v) is 15.1. The van der Waals surface area contributed by atoms with Crippen LogP contribution in [0.3, 0.4) is 0 Å². The Balaban J connectivity index is 1.49. The number of hydrogen-bond acceptors (Lipinski definition) is 4. The van der Waals surface area contributed by atoms with E-state index >= 15 is 0 Å². The number of amides is 2. The first-order valence-corrected chi connectivity index (χ1v) is 9.18. The molecule has 0 aliphatic rings. The molecular formula is C20H16N4O2S. The number of carbonyl (C=O) groups is 2. The second-order valence-electron chi connectivity index (χ2n) is 6.02. The van der Waals surface area contributed by atoms with Crippen LogP contribution in [0.1, 0.15) is 25.6 Å². The zero-order chi connectivity index (χ0) is 18.8. The maximum absolute atomic E-state index is 12.5. The highest BCUT2D eigenvalue weighted by Crippen LogP contribution is 2.23. The summed E-state index contributed by atoms with van der Waals surface area (Å²) < 4.78 is 1.96. The molecule has 0 aliphatic heterocycles. The number of rotatable bonds is 5. The summed E-state index contributed by atoms with van der Waals surface area (Å²) in [4.78, 5) is 28.7. The minimum atomic E-state index is -0.487. The number of carbonyl (C=O) groups excluding carboxylic acids is 2. The van der Waals surface area contributed by atoms with Gasteiger partial charge in [-0.3, -0.25) is 14.2 Å². The van der Waals surface area contributed by atoms with Crippen LogP contribution in [-0.2, 0) is 6.54 Å². The van der Waals surface area contributed by atoms with Crippen LogP contribution in [0, 0.1) is 0 Å². The van der Waals surface area contributed by atoms with Gasteiger partial charge < -0.3 is 11.1 Å².